The van der Waals surface area contributed by atoms with Crippen LogP contribution in [0.2, 0.25) is 0 Å². The molecule has 0 N–H and O–H groups in total. The molecule has 0 aliphatic rings. The summed E-state index contributed by atoms with van der Waals surface area (Å²) in [7, 11) is 0. The van der Waals surface area contributed by atoms with Gasteiger partial charge in [0, 0.05) is 39.1 Å². The molecule has 2 rings (SSSR count). The number of aromatic nitrogens is 2. The van der Waals surface area contributed by atoms with Crippen LogP contribution in [0.4, 0.5) is 0 Å². The first kappa shape index (κ1) is 6.97. The molecule has 0 bridgehead atoms. The first-order chi connectivity index (χ1) is 5.38. The normalized spacial score (nSPS) is 10.3. The van der Waals surface area contributed by atoms with Gasteiger partial charge in [-0.25, -0.2) is 0 Å². The highest BCUT2D eigenvalue weighted by Crippen LogP contribution is 2.16. The minimum Gasteiger partial charge on any atom is -0.264 e. The average molecular weight is 256 g/mol. The molecule has 0 aliphatic heterocycles. The van der Waals surface area contributed by atoms with Gasteiger partial charge in [-0.15, -0.1) is 0 Å². The van der Waals surface area contributed by atoms with Crippen LogP contribution in [0, 0.1) is 3.57 Å². The van der Waals surface area contributed by atoms with Crippen LogP contribution in [0.5, 0.6) is 0 Å². The maximum Gasteiger partial charge on any atom is 0.0408 e. The van der Waals surface area contributed by atoms with Gasteiger partial charge in [0.25, 0.3) is 0 Å². The van der Waals surface area contributed by atoms with E-state index in [1.807, 2.05) is 24.7 Å². The lowest BCUT2D eigenvalue weighted by atomic mass is 10.2. The van der Waals surface area contributed by atoms with Gasteiger partial charge in [0.15, 0.2) is 0 Å². The van der Waals surface area contributed by atoms with Crippen molar-refractivity contribution in [3.05, 3.63) is 34.4 Å². The molecular formula is C8H5IN2. The van der Waals surface area contributed by atoms with Gasteiger partial charge in [-0.3, -0.25) is 9.97 Å². The van der Waals surface area contributed by atoms with E-state index in [1.54, 1.807) is 6.20 Å². The van der Waals surface area contributed by atoms with Crippen molar-refractivity contribution in [3.8, 4) is 0 Å². The number of fused-ring (bicyclic) bond motifs is 1. The second kappa shape index (κ2) is 2.73. The Bertz CT molecular complexity index is 381. The van der Waals surface area contributed by atoms with Crippen LogP contribution < -0.4 is 0 Å². The zero-order chi connectivity index (χ0) is 7.68. The third-order valence-electron chi connectivity index (χ3n) is 1.51. The van der Waals surface area contributed by atoms with Gasteiger partial charge in [0.05, 0.1) is 0 Å². The van der Waals surface area contributed by atoms with Gasteiger partial charge in [-0.05, 0) is 28.7 Å². The van der Waals surface area contributed by atoms with Gasteiger partial charge in [0.2, 0.25) is 0 Å². The lowest BCUT2D eigenvalue weighted by molar-refractivity contribution is 1.31. The number of pyridine rings is 2. The van der Waals surface area contributed by atoms with Crippen molar-refractivity contribution in [2.24, 2.45) is 0 Å². The molecule has 0 aromatic carbocycles. The Balaban J connectivity index is 2.91. The Labute approximate surface area is 77.8 Å². The summed E-state index contributed by atoms with van der Waals surface area (Å²) in [5.74, 6) is 0. The van der Waals surface area contributed by atoms with E-state index in [2.05, 4.69) is 32.6 Å². The van der Waals surface area contributed by atoms with Crippen LogP contribution in [0.3, 0.4) is 0 Å². The molecule has 0 saturated heterocycles. The minimum atomic E-state index is 1.10. The van der Waals surface area contributed by atoms with Crippen molar-refractivity contribution < 1.29 is 0 Å². The van der Waals surface area contributed by atoms with Crippen LogP contribution >= 0.6 is 22.6 Å². The highest BCUT2D eigenvalue weighted by atomic mass is 127. The summed E-state index contributed by atoms with van der Waals surface area (Å²) in [5.41, 5.74) is 0. The lowest BCUT2D eigenvalue weighted by Gasteiger charge is -1.96. The lowest BCUT2D eigenvalue weighted by Crippen LogP contribution is -1.80. The van der Waals surface area contributed by atoms with Gasteiger partial charge < -0.3 is 0 Å². The summed E-state index contributed by atoms with van der Waals surface area (Å²) in [6.07, 6.45) is 7.29. The van der Waals surface area contributed by atoms with Crippen molar-refractivity contribution in [1.29, 1.82) is 0 Å². The molecule has 0 fully saturated rings. The molecule has 2 heterocycles. The largest absolute Gasteiger partial charge is 0.264 e. The van der Waals surface area contributed by atoms with E-state index >= 15 is 0 Å². The first-order valence-electron chi connectivity index (χ1n) is 3.21. The molecular weight excluding hydrogens is 251 g/mol. The van der Waals surface area contributed by atoms with Crippen molar-refractivity contribution in [1.82, 2.24) is 9.97 Å². The molecule has 2 aromatic heterocycles. The highest BCUT2D eigenvalue weighted by Gasteiger charge is 1.95. The molecule has 2 aromatic rings. The fourth-order valence-electron chi connectivity index (χ4n) is 0.980. The molecule has 0 unspecified atom stereocenters. The first-order valence-corrected chi connectivity index (χ1v) is 4.29. The zero-order valence-corrected chi connectivity index (χ0v) is 7.82. The molecule has 54 valence electrons. The van der Waals surface area contributed by atoms with Crippen molar-refractivity contribution in [2.45, 2.75) is 0 Å². The number of halogens is 1. The molecule has 2 nitrogen and oxygen atoms in total. The Hall–Kier alpha value is -0.710. The Kier molecular flexibility index (Phi) is 1.73. The van der Waals surface area contributed by atoms with Crippen molar-refractivity contribution >= 4 is 33.4 Å². The van der Waals surface area contributed by atoms with Gasteiger partial charge in [0.1, 0.15) is 0 Å². The van der Waals surface area contributed by atoms with Crippen LogP contribution in [0.1, 0.15) is 0 Å². The van der Waals surface area contributed by atoms with E-state index in [1.165, 1.54) is 8.96 Å². The van der Waals surface area contributed by atoms with Crippen LogP contribution in [0.15, 0.2) is 30.9 Å². The van der Waals surface area contributed by atoms with Crippen LogP contribution in [-0.2, 0) is 0 Å². The second-order valence-electron chi connectivity index (χ2n) is 2.22. The second-order valence-corrected chi connectivity index (χ2v) is 3.38. The third kappa shape index (κ3) is 1.20. The molecule has 0 aliphatic carbocycles. The Morgan fingerprint density at radius 3 is 2.73 bits per heavy atom. The van der Waals surface area contributed by atoms with Crippen molar-refractivity contribution in [3.63, 3.8) is 0 Å². The average Bonchev–Trinajstić information content (AvgIpc) is 2.06. The van der Waals surface area contributed by atoms with Crippen LogP contribution in [-0.4, -0.2) is 9.97 Å². The molecule has 0 saturated carbocycles. The summed E-state index contributed by atoms with van der Waals surface area (Å²) >= 11 is 2.27. The summed E-state index contributed by atoms with van der Waals surface area (Å²) in [5, 5.41) is 2.31. The van der Waals surface area contributed by atoms with Gasteiger partial charge in [-0.2, -0.15) is 0 Å². The van der Waals surface area contributed by atoms with E-state index in [4.69, 9.17) is 0 Å². The summed E-state index contributed by atoms with van der Waals surface area (Å²) in [6.45, 7) is 0. The van der Waals surface area contributed by atoms with E-state index in [0.717, 1.165) is 5.39 Å². The van der Waals surface area contributed by atoms with Gasteiger partial charge >= 0.3 is 0 Å². The monoisotopic (exact) mass is 256 g/mol. The van der Waals surface area contributed by atoms with Gasteiger partial charge in [-0.1, -0.05) is 0 Å². The quantitative estimate of drug-likeness (QED) is 0.675. The van der Waals surface area contributed by atoms with E-state index < -0.39 is 0 Å². The molecule has 0 spiro atoms. The fraction of sp³-hybridized carbons (Fsp3) is 0. The smallest absolute Gasteiger partial charge is 0.0408 e. The number of nitrogens with zero attached hydrogens (tertiary/aromatic N) is 2. The van der Waals surface area contributed by atoms with E-state index in [9.17, 15) is 0 Å². The molecule has 0 amide bonds. The maximum absolute atomic E-state index is 4.06. The fourth-order valence-corrected chi connectivity index (χ4v) is 1.63. The molecule has 11 heavy (non-hydrogen) atoms. The zero-order valence-electron chi connectivity index (χ0n) is 5.66. The third-order valence-corrected chi connectivity index (χ3v) is 2.37. The predicted octanol–water partition coefficient (Wildman–Crippen LogP) is 2.23. The standard InChI is InChI=1S/C8H5IN2/c9-8-5-11-4-6-3-10-2-1-7(6)8/h1-5H. The number of hydrogen-bond acceptors (Lipinski definition) is 2. The van der Waals surface area contributed by atoms with E-state index in [0.29, 0.717) is 0 Å². The predicted molar refractivity (Wildman–Crippen MR) is 52.3 cm³/mol. The van der Waals surface area contributed by atoms with Crippen molar-refractivity contribution in [2.75, 3.05) is 0 Å². The molecule has 3 heteroatoms. The summed E-state index contributed by atoms with van der Waals surface area (Å²) < 4.78 is 1.17. The number of rotatable bonds is 0. The topological polar surface area (TPSA) is 25.8 Å². The molecule has 0 radical (unpaired) electrons. The maximum atomic E-state index is 4.06. The summed E-state index contributed by atoms with van der Waals surface area (Å²) in [6, 6.07) is 2.00. The SMILES string of the molecule is Ic1cncc2cnccc12. The Morgan fingerprint density at radius 2 is 1.91 bits per heavy atom. The Morgan fingerprint density at radius 1 is 1.09 bits per heavy atom. The number of hydrogen-bond donors (Lipinski definition) is 0. The summed E-state index contributed by atoms with van der Waals surface area (Å²) in [4.78, 5) is 8.08. The van der Waals surface area contributed by atoms with Crippen LogP contribution in [0.25, 0.3) is 10.8 Å². The minimum absolute atomic E-state index is 1.10. The molecule has 0 atom stereocenters. The highest BCUT2D eigenvalue weighted by molar-refractivity contribution is 14.1. The van der Waals surface area contributed by atoms with E-state index in [-0.39, 0.29) is 0 Å².